The fourth-order valence-electron chi connectivity index (χ4n) is 4.93. The molecule has 2 aliphatic rings. The number of aliphatic imine (C=N–C) groups is 1. The Morgan fingerprint density at radius 1 is 1.02 bits per heavy atom. The average Bonchev–Trinajstić information content (AvgIpc) is 3.39. The fourth-order valence-corrected chi connectivity index (χ4v) is 4.93. The summed E-state index contributed by atoms with van der Waals surface area (Å²) in [4.78, 5) is 19.0. The third kappa shape index (κ3) is 6.09. The molecular weight excluding hydrogens is 506 g/mol. The number of carbonyl (C=O) groups excluding carboxylic acids is 1. The normalized spacial score (nSPS) is 20.8. The Bertz CT molecular complexity index is 1300. The zero-order chi connectivity index (χ0) is 27.8. The van der Waals surface area contributed by atoms with E-state index in [0.29, 0.717) is 57.4 Å². The highest BCUT2D eigenvalue weighted by Gasteiger charge is 2.53. The Hall–Kier alpha value is -3.98. The van der Waals surface area contributed by atoms with Gasteiger partial charge < -0.3 is 19.3 Å². The Morgan fingerprint density at radius 2 is 1.70 bits per heavy atom. The molecule has 2 N–H and O–H groups in total. The first-order chi connectivity index (χ1) is 19.6. The summed E-state index contributed by atoms with van der Waals surface area (Å²) in [5.41, 5.74) is 5.60. The minimum Gasteiger partial charge on any atom is -0.494 e. The number of carbonyl (C=O) groups is 1. The third-order valence-corrected chi connectivity index (χ3v) is 7.08. The number of amides is 1. The van der Waals surface area contributed by atoms with Gasteiger partial charge in [-0.05, 0) is 41.0 Å². The zero-order valence-corrected chi connectivity index (χ0v) is 22.5. The maximum atomic E-state index is 14.0. The molecule has 0 aromatic heterocycles. The molecule has 1 amide bonds. The van der Waals surface area contributed by atoms with E-state index in [2.05, 4.69) is 24.1 Å². The number of ether oxygens (including phenoxy) is 3. The first-order valence-electron chi connectivity index (χ1n) is 13.6. The largest absolute Gasteiger partial charge is 0.494 e. The van der Waals surface area contributed by atoms with Crippen LogP contribution in [0.4, 0.5) is 0 Å². The van der Waals surface area contributed by atoms with E-state index in [1.54, 1.807) is 6.08 Å². The van der Waals surface area contributed by atoms with Crippen molar-refractivity contribution < 1.29 is 24.1 Å². The van der Waals surface area contributed by atoms with Crippen molar-refractivity contribution in [3.8, 4) is 16.9 Å². The van der Waals surface area contributed by atoms with E-state index in [0.717, 1.165) is 22.3 Å². The van der Waals surface area contributed by atoms with Crippen LogP contribution in [0.15, 0.2) is 96.5 Å². The van der Waals surface area contributed by atoms with Crippen molar-refractivity contribution in [1.29, 1.82) is 0 Å². The second-order valence-electron chi connectivity index (χ2n) is 9.81. The zero-order valence-electron chi connectivity index (χ0n) is 22.5. The van der Waals surface area contributed by atoms with Crippen molar-refractivity contribution in [2.24, 2.45) is 4.99 Å². The van der Waals surface area contributed by atoms with Gasteiger partial charge in [-0.2, -0.15) is 0 Å². The molecule has 0 radical (unpaired) electrons. The Kier molecular flexibility index (Phi) is 8.91. The first kappa shape index (κ1) is 27.6. The van der Waals surface area contributed by atoms with Crippen LogP contribution in [-0.4, -0.2) is 67.0 Å². The van der Waals surface area contributed by atoms with Gasteiger partial charge in [0.25, 0.3) is 5.91 Å². The van der Waals surface area contributed by atoms with Crippen molar-refractivity contribution >= 4 is 11.8 Å². The summed E-state index contributed by atoms with van der Waals surface area (Å²) < 4.78 is 17.6. The first-order valence-corrected chi connectivity index (χ1v) is 13.6. The second-order valence-corrected chi connectivity index (χ2v) is 9.81. The molecule has 2 atom stereocenters. The SMILES string of the molecule is C=CC[C@]1(C(=O)NN2CCOCC2)N=C(c2ccc(OCCCO)cc2)O[C@H]1c1ccc(-c2ccccc2)cc1. The number of aliphatic hydroxyl groups is 1. The van der Waals surface area contributed by atoms with E-state index < -0.39 is 11.6 Å². The van der Waals surface area contributed by atoms with Crippen LogP contribution < -0.4 is 10.2 Å². The highest BCUT2D eigenvalue weighted by Crippen LogP contribution is 2.43. The Balaban J connectivity index is 1.47. The number of aliphatic hydroxyl groups excluding tert-OH is 1. The van der Waals surface area contributed by atoms with Gasteiger partial charge in [0, 0.05) is 38.1 Å². The maximum Gasteiger partial charge on any atom is 0.266 e. The molecule has 5 rings (SSSR count). The van der Waals surface area contributed by atoms with Crippen LogP contribution in [0.1, 0.15) is 30.1 Å². The summed E-state index contributed by atoms with van der Waals surface area (Å²) in [6, 6.07) is 25.7. The van der Waals surface area contributed by atoms with Crippen molar-refractivity contribution in [2.45, 2.75) is 24.5 Å². The number of hydrazine groups is 1. The Labute approximate surface area is 234 Å². The highest BCUT2D eigenvalue weighted by molar-refractivity contribution is 6.01. The van der Waals surface area contributed by atoms with Crippen LogP contribution in [0.5, 0.6) is 5.75 Å². The minimum atomic E-state index is -1.25. The van der Waals surface area contributed by atoms with E-state index in [4.69, 9.17) is 24.3 Å². The summed E-state index contributed by atoms with van der Waals surface area (Å²) in [6.45, 7) is 6.76. The number of morpholine rings is 1. The van der Waals surface area contributed by atoms with Gasteiger partial charge >= 0.3 is 0 Å². The van der Waals surface area contributed by atoms with Crippen LogP contribution in [-0.2, 0) is 14.3 Å². The average molecular weight is 542 g/mol. The number of benzene rings is 3. The molecule has 0 spiro atoms. The summed E-state index contributed by atoms with van der Waals surface area (Å²) in [5, 5.41) is 10.9. The number of hydrogen-bond donors (Lipinski definition) is 2. The number of hydrogen-bond acceptors (Lipinski definition) is 7. The molecule has 0 aliphatic carbocycles. The van der Waals surface area contributed by atoms with E-state index in [1.165, 1.54) is 0 Å². The molecule has 40 heavy (non-hydrogen) atoms. The van der Waals surface area contributed by atoms with Gasteiger partial charge in [0.15, 0.2) is 11.6 Å². The van der Waals surface area contributed by atoms with E-state index in [-0.39, 0.29) is 12.5 Å². The predicted octanol–water partition coefficient (Wildman–Crippen LogP) is 4.31. The van der Waals surface area contributed by atoms with E-state index in [9.17, 15) is 4.79 Å². The topological polar surface area (TPSA) is 92.6 Å². The Morgan fingerprint density at radius 3 is 2.38 bits per heavy atom. The summed E-state index contributed by atoms with van der Waals surface area (Å²) in [6.07, 6.45) is 1.91. The molecule has 1 fully saturated rings. The van der Waals surface area contributed by atoms with Crippen LogP contribution in [0.25, 0.3) is 11.1 Å². The summed E-state index contributed by atoms with van der Waals surface area (Å²) >= 11 is 0. The standard InChI is InChI=1S/C32H35N3O5/c1-2-17-32(31(37)34-35-18-22-38-23-19-35)29(26-11-9-25(10-12-26)24-7-4-3-5-8-24)40-30(33-32)27-13-15-28(16-14-27)39-21-6-20-36/h2-5,7-16,29,36H,1,6,17-23H2,(H,34,37)/t29-,32-/m0/s1. The number of rotatable bonds is 11. The molecule has 208 valence electrons. The van der Waals surface area contributed by atoms with Gasteiger partial charge in [0.05, 0.1) is 19.8 Å². The van der Waals surface area contributed by atoms with Crippen molar-refractivity contribution in [1.82, 2.24) is 10.4 Å². The van der Waals surface area contributed by atoms with Gasteiger partial charge in [-0.25, -0.2) is 10.0 Å². The van der Waals surface area contributed by atoms with Gasteiger partial charge in [0.1, 0.15) is 5.75 Å². The number of nitrogens with one attached hydrogen (secondary N) is 1. The lowest BCUT2D eigenvalue weighted by Gasteiger charge is -2.34. The van der Waals surface area contributed by atoms with Crippen LogP contribution in [0.3, 0.4) is 0 Å². The van der Waals surface area contributed by atoms with Crippen LogP contribution in [0, 0.1) is 0 Å². The molecule has 2 aliphatic heterocycles. The number of nitrogens with zero attached hydrogens (tertiary/aromatic N) is 2. The predicted molar refractivity (Wildman–Crippen MR) is 154 cm³/mol. The molecule has 8 nitrogen and oxygen atoms in total. The van der Waals surface area contributed by atoms with Gasteiger partial charge in [-0.3, -0.25) is 10.2 Å². The van der Waals surface area contributed by atoms with Crippen LogP contribution in [0.2, 0.25) is 0 Å². The molecular formula is C32H35N3O5. The highest BCUT2D eigenvalue weighted by atomic mass is 16.5. The van der Waals surface area contributed by atoms with E-state index in [1.807, 2.05) is 71.7 Å². The molecule has 8 heteroatoms. The second kappa shape index (κ2) is 12.9. The monoisotopic (exact) mass is 541 g/mol. The lowest BCUT2D eigenvalue weighted by atomic mass is 9.84. The minimum absolute atomic E-state index is 0.0777. The molecule has 0 unspecified atom stereocenters. The van der Waals surface area contributed by atoms with Gasteiger partial charge in [-0.1, -0.05) is 60.7 Å². The quantitative estimate of drug-likeness (QED) is 0.278. The van der Waals surface area contributed by atoms with Gasteiger partial charge in [0.2, 0.25) is 5.90 Å². The molecule has 3 aromatic carbocycles. The van der Waals surface area contributed by atoms with Gasteiger partial charge in [-0.15, -0.1) is 6.58 Å². The lowest BCUT2D eigenvalue weighted by Crippen LogP contribution is -2.56. The molecule has 0 bridgehead atoms. The fraction of sp³-hybridized carbons (Fsp3) is 0.312. The van der Waals surface area contributed by atoms with Crippen molar-refractivity contribution in [3.05, 3.63) is 103 Å². The molecule has 1 saturated heterocycles. The summed E-state index contributed by atoms with van der Waals surface area (Å²) in [5.74, 6) is 0.828. The summed E-state index contributed by atoms with van der Waals surface area (Å²) in [7, 11) is 0. The smallest absolute Gasteiger partial charge is 0.266 e. The molecule has 0 saturated carbocycles. The van der Waals surface area contributed by atoms with Crippen molar-refractivity contribution in [3.63, 3.8) is 0 Å². The van der Waals surface area contributed by atoms with Crippen molar-refractivity contribution in [2.75, 3.05) is 39.5 Å². The van der Waals surface area contributed by atoms with Crippen LogP contribution >= 0.6 is 0 Å². The maximum absolute atomic E-state index is 14.0. The lowest BCUT2D eigenvalue weighted by molar-refractivity contribution is -0.136. The van der Waals surface area contributed by atoms with E-state index >= 15 is 0 Å². The third-order valence-electron chi connectivity index (χ3n) is 7.08. The molecule has 2 heterocycles. The molecule has 3 aromatic rings.